The number of hydrogen-bond donors (Lipinski definition) is 1. The van der Waals surface area contributed by atoms with Crippen LogP contribution in [0.25, 0.3) is 0 Å². The van der Waals surface area contributed by atoms with Crippen LogP contribution in [0.2, 0.25) is 0 Å². The summed E-state index contributed by atoms with van der Waals surface area (Å²) in [7, 11) is -1.12. The molecule has 2 atom stereocenters. The molecule has 6 heteroatoms. The number of rotatable bonds is 4. The Labute approximate surface area is 125 Å². The van der Waals surface area contributed by atoms with Gasteiger partial charge in [0.25, 0.3) is 0 Å². The predicted molar refractivity (Wildman–Crippen MR) is 83.9 cm³/mol. The molecule has 1 saturated heterocycles. The van der Waals surface area contributed by atoms with Gasteiger partial charge in [0, 0.05) is 23.7 Å². The van der Waals surface area contributed by atoms with E-state index < -0.39 is 9.84 Å². The van der Waals surface area contributed by atoms with E-state index in [1.807, 2.05) is 18.4 Å². The molecule has 2 unspecified atom stereocenters. The highest BCUT2D eigenvalue weighted by atomic mass is 32.2. The fraction of sp³-hybridized carbons (Fsp3) is 0.571. The van der Waals surface area contributed by atoms with Crippen molar-refractivity contribution in [2.45, 2.75) is 22.3 Å². The SMILES string of the molecule is CSc1c(C2CC(CN)CN2C)cccc1S(C)(=O)=O. The molecule has 1 heterocycles. The highest BCUT2D eigenvalue weighted by Gasteiger charge is 2.32. The van der Waals surface area contributed by atoms with Gasteiger partial charge in [-0.25, -0.2) is 8.42 Å². The molecule has 0 aliphatic carbocycles. The third-order valence-corrected chi connectivity index (χ3v) is 6.07. The zero-order valence-electron chi connectivity index (χ0n) is 12.2. The summed E-state index contributed by atoms with van der Waals surface area (Å²) in [6.07, 6.45) is 4.20. The number of sulfone groups is 1. The van der Waals surface area contributed by atoms with E-state index in [0.717, 1.165) is 23.4 Å². The van der Waals surface area contributed by atoms with Crippen molar-refractivity contribution in [3.63, 3.8) is 0 Å². The molecule has 0 radical (unpaired) electrons. The van der Waals surface area contributed by atoms with Gasteiger partial charge in [0.05, 0.1) is 4.90 Å². The van der Waals surface area contributed by atoms with E-state index in [9.17, 15) is 8.42 Å². The molecule has 1 aromatic rings. The van der Waals surface area contributed by atoms with Gasteiger partial charge >= 0.3 is 0 Å². The van der Waals surface area contributed by atoms with Gasteiger partial charge in [0.15, 0.2) is 9.84 Å². The van der Waals surface area contributed by atoms with Crippen molar-refractivity contribution < 1.29 is 8.42 Å². The Hall–Kier alpha value is -0.560. The predicted octanol–water partition coefficient (Wildman–Crippen LogP) is 1.76. The van der Waals surface area contributed by atoms with Gasteiger partial charge < -0.3 is 5.73 Å². The Morgan fingerprint density at radius 1 is 1.45 bits per heavy atom. The molecule has 0 bridgehead atoms. The zero-order chi connectivity index (χ0) is 14.9. The topological polar surface area (TPSA) is 63.4 Å². The molecule has 0 aromatic heterocycles. The highest BCUT2D eigenvalue weighted by molar-refractivity contribution is 7.99. The van der Waals surface area contributed by atoms with Crippen molar-refractivity contribution in [2.75, 3.05) is 32.6 Å². The minimum atomic E-state index is -3.20. The molecule has 112 valence electrons. The van der Waals surface area contributed by atoms with Crippen LogP contribution in [0.15, 0.2) is 28.0 Å². The van der Waals surface area contributed by atoms with E-state index in [4.69, 9.17) is 5.73 Å². The monoisotopic (exact) mass is 314 g/mol. The molecular weight excluding hydrogens is 292 g/mol. The summed E-state index contributed by atoms with van der Waals surface area (Å²) in [4.78, 5) is 3.59. The first-order valence-electron chi connectivity index (χ1n) is 6.65. The summed E-state index contributed by atoms with van der Waals surface area (Å²) in [5, 5.41) is 0. The highest BCUT2D eigenvalue weighted by Crippen LogP contribution is 2.40. The lowest BCUT2D eigenvalue weighted by Gasteiger charge is -2.23. The first kappa shape index (κ1) is 15.8. The van der Waals surface area contributed by atoms with Crippen molar-refractivity contribution in [3.05, 3.63) is 23.8 Å². The lowest BCUT2D eigenvalue weighted by Crippen LogP contribution is -2.21. The van der Waals surface area contributed by atoms with E-state index in [0.29, 0.717) is 17.4 Å². The number of nitrogens with two attached hydrogens (primary N) is 1. The summed E-state index contributed by atoms with van der Waals surface area (Å²) in [5.74, 6) is 0.488. The van der Waals surface area contributed by atoms with Crippen LogP contribution in [-0.2, 0) is 9.84 Å². The second-order valence-electron chi connectivity index (χ2n) is 5.44. The molecule has 1 aliphatic heterocycles. The van der Waals surface area contributed by atoms with E-state index in [2.05, 4.69) is 11.9 Å². The largest absolute Gasteiger partial charge is 0.330 e. The minimum Gasteiger partial charge on any atom is -0.330 e. The molecule has 0 spiro atoms. The normalized spacial score (nSPS) is 24.2. The Balaban J connectivity index is 2.48. The Morgan fingerprint density at radius 3 is 2.65 bits per heavy atom. The van der Waals surface area contributed by atoms with Crippen molar-refractivity contribution >= 4 is 21.6 Å². The van der Waals surface area contributed by atoms with Crippen LogP contribution in [0, 0.1) is 5.92 Å². The fourth-order valence-electron chi connectivity index (χ4n) is 2.95. The van der Waals surface area contributed by atoms with Gasteiger partial charge in [-0.2, -0.15) is 0 Å². The molecule has 20 heavy (non-hydrogen) atoms. The number of nitrogens with zero attached hydrogens (tertiary/aromatic N) is 1. The molecule has 0 saturated carbocycles. The molecule has 4 nitrogen and oxygen atoms in total. The van der Waals surface area contributed by atoms with Gasteiger partial charge in [0.2, 0.25) is 0 Å². The number of hydrogen-bond acceptors (Lipinski definition) is 5. The first-order valence-corrected chi connectivity index (χ1v) is 9.77. The summed E-state index contributed by atoms with van der Waals surface area (Å²) in [5.41, 5.74) is 6.89. The zero-order valence-corrected chi connectivity index (χ0v) is 13.8. The maximum atomic E-state index is 11.9. The average Bonchev–Trinajstić information content (AvgIpc) is 2.78. The molecule has 1 fully saturated rings. The van der Waals surface area contributed by atoms with Gasteiger partial charge in [-0.3, -0.25) is 4.90 Å². The molecule has 2 rings (SSSR count). The molecule has 1 aromatic carbocycles. The lowest BCUT2D eigenvalue weighted by atomic mass is 10.00. The second kappa shape index (κ2) is 6.05. The molecule has 2 N–H and O–H groups in total. The third-order valence-electron chi connectivity index (χ3n) is 3.94. The van der Waals surface area contributed by atoms with Crippen molar-refractivity contribution in [2.24, 2.45) is 11.7 Å². The third kappa shape index (κ3) is 3.03. The van der Waals surface area contributed by atoms with Crippen LogP contribution in [-0.4, -0.2) is 46.0 Å². The Kier molecular flexibility index (Phi) is 4.79. The van der Waals surface area contributed by atoms with Gasteiger partial charge in [-0.15, -0.1) is 11.8 Å². The maximum Gasteiger partial charge on any atom is 0.176 e. The summed E-state index contributed by atoms with van der Waals surface area (Å²) in [6.45, 7) is 1.65. The fourth-order valence-corrected chi connectivity index (χ4v) is 5.14. The van der Waals surface area contributed by atoms with E-state index in [-0.39, 0.29) is 6.04 Å². The Morgan fingerprint density at radius 2 is 2.15 bits per heavy atom. The van der Waals surface area contributed by atoms with Crippen LogP contribution in [0.5, 0.6) is 0 Å². The summed E-state index contributed by atoms with van der Waals surface area (Å²) >= 11 is 1.51. The van der Waals surface area contributed by atoms with Crippen molar-refractivity contribution in [3.8, 4) is 0 Å². The van der Waals surface area contributed by atoms with Crippen LogP contribution in [0.3, 0.4) is 0 Å². The van der Waals surface area contributed by atoms with E-state index >= 15 is 0 Å². The maximum absolute atomic E-state index is 11.9. The van der Waals surface area contributed by atoms with Gasteiger partial charge in [-0.1, -0.05) is 12.1 Å². The summed E-state index contributed by atoms with van der Waals surface area (Å²) in [6, 6.07) is 5.84. The average molecular weight is 314 g/mol. The summed E-state index contributed by atoms with van der Waals surface area (Å²) < 4.78 is 23.9. The van der Waals surface area contributed by atoms with Crippen LogP contribution < -0.4 is 5.73 Å². The number of likely N-dealkylation sites (tertiary alicyclic amines) is 1. The lowest BCUT2D eigenvalue weighted by molar-refractivity contribution is 0.310. The smallest absolute Gasteiger partial charge is 0.176 e. The standard InChI is InChI=1S/C14H22N2O2S2/c1-16-9-10(8-15)7-12(16)11-5-4-6-13(14(11)19-2)20(3,17)18/h4-6,10,12H,7-9,15H2,1-3H3. The van der Waals surface area contributed by atoms with E-state index in [1.54, 1.807) is 6.07 Å². The second-order valence-corrected chi connectivity index (χ2v) is 8.24. The number of thioether (sulfide) groups is 1. The van der Waals surface area contributed by atoms with Crippen LogP contribution in [0.1, 0.15) is 18.0 Å². The number of benzene rings is 1. The van der Waals surface area contributed by atoms with Crippen LogP contribution >= 0.6 is 11.8 Å². The van der Waals surface area contributed by atoms with Crippen molar-refractivity contribution in [1.29, 1.82) is 0 Å². The molecule has 1 aliphatic rings. The molecular formula is C14H22N2O2S2. The van der Waals surface area contributed by atoms with Gasteiger partial charge in [0.1, 0.15) is 0 Å². The van der Waals surface area contributed by atoms with Crippen molar-refractivity contribution in [1.82, 2.24) is 4.90 Å². The van der Waals surface area contributed by atoms with Crippen LogP contribution in [0.4, 0.5) is 0 Å². The van der Waals surface area contributed by atoms with Gasteiger partial charge in [-0.05, 0) is 43.8 Å². The Bertz CT molecular complexity index is 587. The molecule has 0 amide bonds. The van der Waals surface area contributed by atoms with E-state index in [1.165, 1.54) is 18.0 Å². The minimum absolute atomic E-state index is 0.257. The first-order chi connectivity index (χ1) is 9.38. The quantitative estimate of drug-likeness (QED) is 0.858.